The molecule has 2 heteroatoms. The highest BCUT2D eigenvalue weighted by atomic mass is 16.5. The molecule has 1 heterocycles. The van der Waals surface area contributed by atoms with Crippen LogP contribution < -0.4 is 0 Å². The van der Waals surface area contributed by atoms with Crippen molar-refractivity contribution in [3.8, 4) is 0 Å². The first kappa shape index (κ1) is 12.4. The minimum absolute atomic E-state index is 0.0794. The predicted octanol–water partition coefficient (Wildman–Crippen LogP) is 3.13. The van der Waals surface area contributed by atoms with Gasteiger partial charge in [-0.3, -0.25) is 0 Å². The summed E-state index contributed by atoms with van der Waals surface area (Å²) in [5, 5.41) is 10.6. The van der Waals surface area contributed by atoms with Crippen LogP contribution in [0, 0.1) is 11.3 Å². The third-order valence-corrected chi connectivity index (χ3v) is 5.40. The summed E-state index contributed by atoms with van der Waals surface area (Å²) in [5.41, 5.74) is -0.0708. The lowest BCUT2D eigenvalue weighted by Gasteiger charge is -2.54. The summed E-state index contributed by atoms with van der Waals surface area (Å²) >= 11 is 0. The molecule has 1 spiro atoms. The van der Waals surface area contributed by atoms with Gasteiger partial charge in [0.1, 0.15) is 0 Å². The summed E-state index contributed by atoms with van der Waals surface area (Å²) < 4.78 is 5.90. The SMILES string of the molecule is CCC(O)(CC)C1CCC2(C1)OCC2(C)C. The highest BCUT2D eigenvalue weighted by molar-refractivity contribution is 5.09. The first-order valence-corrected chi connectivity index (χ1v) is 6.75. The van der Waals surface area contributed by atoms with Crippen molar-refractivity contribution in [3.05, 3.63) is 0 Å². The zero-order valence-electron chi connectivity index (χ0n) is 11.2. The second-order valence-electron chi connectivity index (χ2n) is 6.42. The number of hydrogen-bond donors (Lipinski definition) is 1. The lowest BCUT2D eigenvalue weighted by molar-refractivity contribution is -0.252. The van der Waals surface area contributed by atoms with Crippen molar-refractivity contribution in [2.24, 2.45) is 11.3 Å². The quantitative estimate of drug-likeness (QED) is 0.801. The third kappa shape index (κ3) is 1.53. The monoisotopic (exact) mass is 226 g/mol. The van der Waals surface area contributed by atoms with E-state index < -0.39 is 5.60 Å². The van der Waals surface area contributed by atoms with Crippen LogP contribution in [-0.4, -0.2) is 22.9 Å². The molecule has 0 amide bonds. The average molecular weight is 226 g/mol. The Balaban J connectivity index is 2.09. The Morgan fingerprint density at radius 1 is 1.31 bits per heavy atom. The summed E-state index contributed by atoms with van der Waals surface area (Å²) in [6, 6.07) is 0. The largest absolute Gasteiger partial charge is 0.390 e. The van der Waals surface area contributed by atoms with Gasteiger partial charge in [-0.1, -0.05) is 27.7 Å². The molecular weight excluding hydrogens is 200 g/mol. The van der Waals surface area contributed by atoms with E-state index in [0.29, 0.717) is 11.3 Å². The van der Waals surface area contributed by atoms with Gasteiger partial charge in [-0.25, -0.2) is 0 Å². The lowest BCUT2D eigenvalue weighted by Crippen LogP contribution is -2.59. The van der Waals surface area contributed by atoms with Gasteiger partial charge in [-0.2, -0.15) is 0 Å². The Bertz CT molecular complexity index is 268. The van der Waals surface area contributed by atoms with Gasteiger partial charge in [0.2, 0.25) is 0 Å². The van der Waals surface area contributed by atoms with E-state index in [9.17, 15) is 5.11 Å². The zero-order valence-corrected chi connectivity index (χ0v) is 11.2. The molecule has 1 aliphatic carbocycles. The smallest absolute Gasteiger partial charge is 0.0759 e. The number of rotatable bonds is 3. The highest BCUT2D eigenvalue weighted by Gasteiger charge is 2.60. The second-order valence-corrected chi connectivity index (χ2v) is 6.42. The van der Waals surface area contributed by atoms with Gasteiger partial charge >= 0.3 is 0 Å². The normalized spacial score (nSPS) is 37.7. The number of aliphatic hydroxyl groups is 1. The van der Waals surface area contributed by atoms with Crippen LogP contribution in [-0.2, 0) is 4.74 Å². The van der Waals surface area contributed by atoms with Crippen LogP contribution in [0.5, 0.6) is 0 Å². The molecule has 2 nitrogen and oxygen atoms in total. The molecule has 1 saturated heterocycles. The molecule has 2 fully saturated rings. The molecule has 2 atom stereocenters. The van der Waals surface area contributed by atoms with Crippen LogP contribution in [0.1, 0.15) is 59.8 Å². The maximum atomic E-state index is 10.6. The Hall–Kier alpha value is -0.0800. The van der Waals surface area contributed by atoms with Gasteiger partial charge in [0.15, 0.2) is 0 Å². The van der Waals surface area contributed by atoms with E-state index in [1.165, 1.54) is 0 Å². The minimum atomic E-state index is -0.460. The van der Waals surface area contributed by atoms with Crippen molar-refractivity contribution in [3.63, 3.8) is 0 Å². The maximum Gasteiger partial charge on any atom is 0.0759 e. The van der Waals surface area contributed by atoms with Crippen molar-refractivity contribution < 1.29 is 9.84 Å². The molecule has 1 saturated carbocycles. The van der Waals surface area contributed by atoms with E-state index in [4.69, 9.17) is 4.74 Å². The molecule has 1 N–H and O–H groups in total. The van der Waals surface area contributed by atoms with Crippen molar-refractivity contribution in [1.82, 2.24) is 0 Å². The Kier molecular flexibility index (Phi) is 2.87. The summed E-state index contributed by atoms with van der Waals surface area (Å²) in [4.78, 5) is 0. The van der Waals surface area contributed by atoms with Crippen LogP contribution in [0.2, 0.25) is 0 Å². The fourth-order valence-corrected chi connectivity index (χ4v) is 3.61. The van der Waals surface area contributed by atoms with Crippen LogP contribution >= 0.6 is 0 Å². The standard InChI is InChI=1S/C14H26O2/c1-5-13(15,6-2)11-7-8-14(9-11)12(3,4)10-16-14/h11,15H,5-10H2,1-4H3. The Morgan fingerprint density at radius 3 is 2.25 bits per heavy atom. The average Bonchev–Trinajstić information content (AvgIpc) is 2.74. The summed E-state index contributed by atoms with van der Waals surface area (Å²) in [6.07, 6.45) is 5.04. The molecule has 0 aromatic rings. The van der Waals surface area contributed by atoms with Crippen LogP contribution in [0.3, 0.4) is 0 Å². The second kappa shape index (κ2) is 3.71. The Morgan fingerprint density at radius 2 is 1.94 bits per heavy atom. The molecule has 0 radical (unpaired) electrons. The summed E-state index contributed by atoms with van der Waals surface area (Å²) in [5.74, 6) is 0.432. The summed E-state index contributed by atoms with van der Waals surface area (Å²) in [7, 11) is 0. The first-order valence-electron chi connectivity index (χ1n) is 6.75. The molecular formula is C14H26O2. The highest BCUT2D eigenvalue weighted by Crippen LogP contribution is 2.57. The van der Waals surface area contributed by atoms with Crippen molar-refractivity contribution in [1.29, 1.82) is 0 Å². The van der Waals surface area contributed by atoms with Crippen LogP contribution in [0.25, 0.3) is 0 Å². The van der Waals surface area contributed by atoms with Gasteiger partial charge in [0.05, 0.1) is 17.8 Å². The molecule has 0 bridgehead atoms. The van der Waals surface area contributed by atoms with Crippen molar-refractivity contribution in [2.45, 2.75) is 71.0 Å². The lowest BCUT2D eigenvalue weighted by atomic mass is 9.68. The van der Waals surface area contributed by atoms with E-state index in [1.807, 2.05) is 0 Å². The van der Waals surface area contributed by atoms with Gasteiger partial charge in [-0.05, 0) is 38.0 Å². The molecule has 1 aliphatic heterocycles. The minimum Gasteiger partial charge on any atom is -0.390 e. The maximum absolute atomic E-state index is 10.6. The molecule has 16 heavy (non-hydrogen) atoms. The topological polar surface area (TPSA) is 29.5 Å². The van der Waals surface area contributed by atoms with E-state index in [1.54, 1.807) is 0 Å². The van der Waals surface area contributed by atoms with Gasteiger partial charge in [0.25, 0.3) is 0 Å². The van der Waals surface area contributed by atoms with Gasteiger partial charge < -0.3 is 9.84 Å². The molecule has 94 valence electrons. The molecule has 2 rings (SSSR count). The van der Waals surface area contributed by atoms with E-state index in [2.05, 4.69) is 27.7 Å². The molecule has 2 aliphatic rings. The number of ether oxygens (including phenoxy) is 1. The number of hydrogen-bond acceptors (Lipinski definition) is 2. The fraction of sp³-hybridized carbons (Fsp3) is 1.00. The van der Waals surface area contributed by atoms with E-state index >= 15 is 0 Å². The first-order chi connectivity index (χ1) is 7.39. The Labute approximate surface area is 99.4 Å². The van der Waals surface area contributed by atoms with E-state index in [-0.39, 0.29) is 5.60 Å². The zero-order chi connectivity index (χ0) is 12.0. The van der Waals surface area contributed by atoms with E-state index in [0.717, 1.165) is 38.7 Å². The fourth-order valence-electron chi connectivity index (χ4n) is 3.61. The third-order valence-electron chi connectivity index (χ3n) is 5.40. The predicted molar refractivity (Wildman–Crippen MR) is 65.3 cm³/mol. The molecule has 0 aromatic heterocycles. The van der Waals surface area contributed by atoms with Crippen molar-refractivity contribution in [2.75, 3.05) is 6.61 Å². The summed E-state index contributed by atoms with van der Waals surface area (Å²) in [6.45, 7) is 9.69. The van der Waals surface area contributed by atoms with Gasteiger partial charge in [0, 0.05) is 5.41 Å². The van der Waals surface area contributed by atoms with Crippen LogP contribution in [0.15, 0.2) is 0 Å². The van der Waals surface area contributed by atoms with Crippen molar-refractivity contribution >= 4 is 0 Å². The van der Waals surface area contributed by atoms with Crippen LogP contribution in [0.4, 0.5) is 0 Å². The molecule has 0 aromatic carbocycles. The van der Waals surface area contributed by atoms with Gasteiger partial charge in [-0.15, -0.1) is 0 Å². The molecule has 2 unspecified atom stereocenters.